The highest BCUT2D eigenvalue weighted by Gasteiger charge is 2.74. The summed E-state index contributed by atoms with van der Waals surface area (Å²) in [6.07, 6.45) is -7.94. The zero-order chi connectivity index (χ0) is 40.8. The Morgan fingerprint density at radius 1 is 0.945 bits per heavy atom. The molecule has 1 saturated heterocycles. The fraction of sp³-hybridized carbons (Fsp3) is 0.425. The number of ether oxygens (including phenoxy) is 3. The number of H-pyrrole nitrogens is 1. The normalized spacial score (nSPS) is 21.2. The Bertz CT molecular complexity index is 2070. The lowest BCUT2D eigenvalue weighted by molar-refractivity contribution is -0.195. The van der Waals surface area contributed by atoms with E-state index in [1.807, 2.05) is 39.2 Å². The molecule has 1 fully saturated rings. The molecular formula is C40H48F3N3O8Si. The molecule has 4 N–H and O–H groups in total. The van der Waals surface area contributed by atoms with Crippen LogP contribution in [0.15, 0.2) is 94.6 Å². The summed E-state index contributed by atoms with van der Waals surface area (Å²) in [6, 6.07) is 22.2. The number of aromatic nitrogens is 2. The number of aromatic amines is 1. The molecule has 1 aliphatic rings. The van der Waals surface area contributed by atoms with Crippen molar-refractivity contribution in [1.82, 2.24) is 14.9 Å². The Morgan fingerprint density at radius 2 is 1.44 bits per heavy atom. The lowest BCUT2D eigenvalue weighted by Gasteiger charge is -2.58. The van der Waals surface area contributed by atoms with Crippen molar-refractivity contribution in [3.05, 3.63) is 128 Å². The molecule has 15 heteroatoms. The van der Waals surface area contributed by atoms with Crippen LogP contribution in [0.5, 0.6) is 11.5 Å². The molecule has 1 aliphatic heterocycles. The molecule has 1 amide bonds. The van der Waals surface area contributed by atoms with Gasteiger partial charge in [0, 0.05) is 18.2 Å². The summed E-state index contributed by atoms with van der Waals surface area (Å²) >= 11 is 0. The number of amides is 1. The molecule has 3 aromatic carbocycles. The van der Waals surface area contributed by atoms with Crippen LogP contribution in [-0.4, -0.2) is 77.6 Å². The third-order valence-electron chi connectivity index (χ3n) is 11.8. The van der Waals surface area contributed by atoms with Gasteiger partial charge in [-0.3, -0.25) is 19.1 Å². The monoisotopic (exact) mass is 783 g/mol. The van der Waals surface area contributed by atoms with Crippen LogP contribution in [-0.2, 0) is 14.9 Å². The van der Waals surface area contributed by atoms with Gasteiger partial charge in [0.05, 0.1) is 39.5 Å². The summed E-state index contributed by atoms with van der Waals surface area (Å²) in [6.45, 7) is 9.72. The van der Waals surface area contributed by atoms with Crippen LogP contribution in [0.3, 0.4) is 0 Å². The number of carbonyl (C=O) groups is 1. The Hall–Kier alpha value is -4.70. The van der Waals surface area contributed by atoms with E-state index in [-0.39, 0.29) is 5.56 Å². The van der Waals surface area contributed by atoms with Crippen LogP contribution in [0.2, 0.25) is 18.1 Å². The van der Waals surface area contributed by atoms with Gasteiger partial charge in [-0.15, -0.1) is 0 Å². The number of alkyl halides is 3. The van der Waals surface area contributed by atoms with Crippen LogP contribution >= 0.6 is 0 Å². The Balaban J connectivity index is 1.97. The minimum Gasteiger partial charge on any atom is -0.497 e. The molecule has 0 radical (unpaired) electrons. The van der Waals surface area contributed by atoms with Gasteiger partial charge in [0.15, 0.2) is 0 Å². The van der Waals surface area contributed by atoms with Gasteiger partial charge in [-0.1, -0.05) is 88.5 Å². The summed E-state index contributed by atoms with van der Waals surface area (Å²) in [5.41, 5.74) is -4.37. The number of halogens is 3. The Kier molecular flexibility index (Phi) is 11.1. The molecule has 5 rings (SSSR count). The van der Waals surface area contributed by atoms with Crippen molar-refractivity contribution < 1.29 is 42.4 Å². The molecule has 4 aromatic rings. The highest BCUT2D eigenvalue weighted by molar-refractivity contribution is 6.83. The van der Waals surface area contributed by atoms with Crippen molar-refractivity contribution in [2.45, 2.75) is 87.0 Å². The highest BCUT2D eigenvalue weighted by atomic mass is 28.3. The standard InChI is InChI=1S/C40H48F3N3O8Si/c1-25-23-46(35(50)45-32(25)47)31-22-38(51,55(7,8)36(2,3)4)37(54-31,24-44-34(49)40(41,42)43)33(48)39(26-12-10-9-11-13-26,27-14-18-29(52-5)19-15-27)28-16-20-30(53-6)21-17-28/h9-21,23,31,33,48,51H,22,24H2,1-8H3,(H,44,49)(H,45,47,50)/t31-,33?,37-,38-/m1/s1. The van der Waals surface area contributed by atoms with Gasteiger partial charge in [0.1, 0.15) is 29.4 Å². The predicted molar refractivity (Wildman–Crippen MR) is 203 cm³/mol. The minimum absolute atomic E-state index is 0.123. The number of aliphatic hydroxyl groups excluding tert-OH is 1. The highest BCUT2D eigenvalue weighted by Crippen LogP contribution is 2.60. The fourth-order valence-electron chi connectivity index (χ4n) is 7.79. The average Bonchev–Trinajstić information content (AvgIpc) is 3.46. The van der Waals surface area contributed by atoms with Crippen molar-refractivity contribution in [1.29, 1.82) is 0 Å². The molecule has 0 saturated carbocycles. The van der Waals surface area contributed by atoms with Gasteiger partial charge in [-0.25, -0.2) is 4.79 Å². The van der Waals surface area contributed by atoms with Gasteiger partial charge in [0.2, 0.25) is 0 Å². The smallest absolute Gasteiger partial charge is 0.471 e. The first-order valence-corrected chi connectivity index (χ1v) is 20.7. The molecule has 55 heavy (non-hydrogen) atoms. The Morgan fingerprint density at radius 3 is 1.89 bits per heavy atom. The molecular weight excluding hydrogens is 736 g/mol. The fourth-order valence-corrected chi connectivity index (χ4v) is 11.1. The van der Waals surface area contributed by atoms with E-state index in [2.05, 4.69) is 4.98 Å². The number of methoxy groups -OCH3 is 2. The molecule has 2 heterocycles. The van der Waals surface area contributed by atoms with Gasteiger partial charge in [-0.2, -0.15) is 13.2 Å². The number of nitrogens with one attached hydrogen (secondary N) is 2. The van der Waals surface area contributed by atoms with E-state index in [0.29, 0.717) is 28.2 Å². The lowest BCUT2D eigenvalue weighted by Crippen LogP contribution is -2.77. The maximum absolute atomic E-state index is 14.0. The number of benzene rings is 3. The summed E-state index contributed by atoms with van der Waals surface area (Å²) in [5, 5.41) is 26.5. The summed E-state index contributed by atoms with van der Waals surface area (Å²) in [7, 11) is -0.452. The number of rotatable bonds is 11. The van der Waals surface area contributed by atoms with Crippen molar-refractivity contribution in [3.63, 3.8) is 0 Å². The molecule has 11 nitrogen and oxygen atoms in total. The summed E-state index contributed by atoms with van der Waals surface area (Å²) in [4.78, 5) is 40.9. The molecule has 296 valence electrons. The molecule has 0 bridgehead atoms. The lowest BCUT2D eigenvalue weighted by atomic mass is 9.60. The van der Waals surface area contributed by atoms with E-state index < -0.39 is 78.0 Å². The molecule has 4 atom stereocenters. The predicted octanol–water partition coefficient (Wildman–Crippen LogP) is 5.37. The van der Waals surface area contributed by atoms with E-state index in [9.17, 15) is 37.8 Å². The number of aryl methyl sites for hydroxylation is 1. The second-order valence-corrected chi connectivity index (χ2v) is 21.2. The maximum Gasteiger partial charge on any atom is 0.471 e. The van der Waals surface area contributed by atoms with Crippen molar-refractivity contribution in [2.24, 2.45) is 0 Å². The van der Waals surface area contributed by atoms with E-state index in [4.69, 9.17) is 14.2 Å². The molecule has 0 spiro atoms. The van der Waals surface area contributed by atoms with Crippen LogP contribution in [0.4, 0.5) is 13.2 Å². The van der Waals surface area contributed by atoms with Crippen LogP contribution in [0.25, 0.3) is 0 Å². The number of nitrogens with zero attached hydrogens (tertiary/aromatic N) is 1. The SMILES string of the molecule is COc1ccc(C(c2ccccc2)(c2ccc(OC)cc2)C(O)[C@@]2(CNC(=O)C(F)(F)F)O[C@@H](n3cc(C)c(=O)[nH]c3=O)C[C@@]2(O)[Si](C)(C)C(C)(C)C)cc1. The third kappa shape index (κ3) is 6.91. The topological polar surface area (TPSA) is 152 Å². The molecule has 1 aromatic heterocycles. The zero-order valence-corrected chi connectivity index (χ0v) is 33.1. The maximum atomic E-state index is 14.0. The number of aliphatic hydroxyl groups is 2. The largest absolute Gasteiger partial charge is 0.497 e. The van der Waals surface area contributed by atoms with Crippen LogP contribution in [0, 0.1) is 6.92 Å². The van der Waals surface area contributed by atoms with Crippen molar-refractivity contribution in [2.75, 3.05) is 20.8 Å². The van der Waals surface area contributed by atoms with E-state index in [1.54, 1.807) is 78.9 Å². The third-order valence-corrected chi connectivity index (χ3v) is 18.3. The quantitative estimate of drug-likeness (QED) is 0.117. The average molecular weight is 784 g/mol. The summed E-state index contributed by atoms with van der Waals surface area (Å²) in [5.74, 6) is -1.37. The number of carbonyl (C=O) groups excluding carboxylic acids is 1. The Labute approximate surface area is 318 Å². The first-order valence-electron chi connectivity index (χ1n) is 17.7. The van der Waals surface area contributed by atoms with Crippen molar-refractivity contribution in [3.8, 4) is 11.5 Å². The summed E-state index contributed by atoms with van der Waals surface area (Å²) < 4.78 is 60.9. The number of hydrogen-bond donors (Lipinski definition) is 4. The van der Waals surface area contributed by atoms with Crippen molar-refractivity contribution >= 4 is 14.0 Å². The van der Waals surface area contributed by atoms with E-state index >= 15 is 0 Å². The minimum atomic E-state index is -5.34. The van der Waals surface area contributed by atoms with Gasteiger partial charge in [0.25, 0.3) is 5.56 Å². The zero-order valence-electron chi connectivity index (χ0n) is 32.1. The van der Waals surface area contributed by atoms with Crippen LogP contribution < -0.4 is 26.0 Å². The number of hydrogen-bond acceptors (Lipinski definition) is 8. The van der Waals surface area contributed by atoms with Gasteiger partial charge >= 0.3 is 17.8 Å². The second kappa shape index (κ2) is 14.7. The first kappa shape index (κ1) is 41.5. The van der Waals surface area contributed by atoms with E-state index in [0.717, 1.165) is 4.57 Å². The first-order chi connectivity index (χ1) is 25.6. The van der Waals surface area contributed by atoms with E-state index in [1.165, 1.54) is 27.3 Å². The van der Waals surface area contributed by atoms with Gasteiger partial charge in [-0.05, 0) is 52.9 Å². The molecule has 0 aliphatic carbocycles. The molecule has 1 unspecified atom stereocenters. The van der Waals surface area contributed by atoms with Gasteiger partial charge < -0.3 is 29.7 Å². The van der Waals surface area contributed by atoms with Crippen LogP contribution in [0.1, 0.15) is 55.7 Å². The second-order valence-electron chi connectivity index (χ2n) is 15.6.